The molecule has 0 fully saturated rings. The van der Waals surface area contributed by atoms with Crippen molar-refractivity contribution in [3.63, 3.8) is 0 Å². The lowest BCUT2D eigenvalue weighted by molar-refractivity contribution is -0.125. The minimum Gasteiger partial charge on any atom is -0.309 e. The molecule has 0 bridgehead atoms. The van der Waals surface area contributed by atoms with E-state index in [2.05, 4.69) is 53.8 Å². The molecule has 28 heavy (non-hydrogen) atoms. The lowest BCUT2D eigenvalue weighted by atomic mass is 9.76. The molecule has 3 nitrogen and oxygen atoms in total. The number of Topliss-reactive ketones (excluding diaryl/α,β-unsaturated/α-hetero) is 2. The van der Waals surface area contributed by atoms with Gasteiger partial charge in [0.25, 0.3) is 0 Å². The number of carbonyl (C=O) groups is 2. The predicted molar refractivity (Wildman–Crippen MR) is 128 cm³/mol. The van der Waals surface area contributed by atoms with Gasteiger partial charge in [0.15, 0.2) is 0 Å². The van der Waals surface area contributed by atoms with Gasteiger partial charge in [-0.25, -0.2) is 0 Å². The lowest BCUT2D eigenvalue weighted by Gasteiger charge is -2.32. The van der Waals surface area contributed by atoms with Gasteiger partial charge >= 0.3 is 0 Å². The van der Waals surface area contributed by atoms with Crippen LogP contribution in [0.15, 0.2) is 0 Å². The molecule has 0 saturated heterocycles. The molecule has 0 aliphatic rings. The number of ketones is 2. The van der Waals surface area contributed by atoms with Crippen LogP contribution in [0.3, 0.4) is 0 Å². The molecule has 0 atom stereocenters. The third-order valence-electron chi connectivity index (χ3n) is 3.86. The Labute approximate surface area is 178 Å². The van der Waals surface area contributed by atoms with Crippen molar-refractivity contribution in [2.45, 2.75) is 117 Å². The summed E-state index contributed by atoms with van der Waals surface area (Å²) in [4.78, 5) is 21.8. The van der Waals surface area contributed by atoms with Crippen LogP contribution in [-0.4, -0.2) is 24.7 Å². The average molecular weight is 402 g/mol. The molecule has 3 heteroatoms. The van der Waals surface area contributed by atoms with E-state index in [-0.39, 0.29) is 16.6 Å². The van der Waals surface area contributed by atoms with Crippen molar-refractivity contribution in [2.24, 2.45) is 22.2 Å². The van der Waals surface area contributed by atoms with E-state index < -0.39 is 0 Å². The largest absolute Gasteiger partial charge is 0.309 e. The highest BCUT2D eigenvalue weighted by Crippen LogP contribution is 2.32. The zero-order chi connectivity index (χ0) is 23.8. The first-order chi connectivity index (χ1) is 12.5. The van der Waals surface area contributed by atoms with Gasteiger partial charge in [-0.3, -0.25) is 9.59 Å². The molecule has 0 unspecified atom stereocenters. The molecule has 0 radical (unpaired) electrons. The standard InChI is InChI=1S/C12H25NO.C9H18O.2C2H6/c1-10(14)7-13-9-12(5,6)8-11(2,3)4;1-7(2)6-9(4,5)8(3)10;2*1-2/h13H,7-9H2,1-6H3;7H,6H2,1-5H3;2*1-2H3. The molecule has 172 valence electrons. The van der Waals surface area contributed by atoms with Crippen LogP contribution in [0.1, 0.15) is 117 Å². The zero-order valence-corrected chi connectivity index (χ0v) is 22.2. The highest BCUT2D eigenvalue weighted by Gasteiger charge is 2.25. The minimum absolute atomic E-state index is 0.117. The second-order valence-electron chi connectivity index (χ2n) is 10.2. The molecule has 0 rings (SSSR count). The Morgan fingerprint density at radius 2 is 1.21 bits per heavy atom. The molecular weight excluding hydrogens is 346 g/mol. The number of rotatable bonds is 8. The van der Waals surface area contributed by atoms with E-state index in [9.17, 15) is 9.59 Å². The first kappa shape index (κ1) is 34.8. The molecule has 0 aliphatic carbocycles. The van der Waals surface area contributed by atoms with E-state index in [0.29, 0.717) is 23.7 Å². The van der Waals surface area contributed by atoms with Crippen LogP contribution in [-0.2, 0) is 9.59 Å². The zero-order valence-electron chi connectivity index (χ0n) is 22.2. The molecule has 0 heterocycles. The molecule has 0 spiro atoms. The maximum absolute atomic E-state index is 11.0. The van der Waals surface area contributed by atoms with Gasteiger partial charge in [0, 0.05) is 12.0 Å². The SMILES string of the molecule is CC.CC.CC(=O)C(C)(C)CC(C)C.CC(=O)CNCC(C)(C)CC(C)(C)C. The van der Waals surface area contributed by atoms with Gasteiger partial charge in [-0.15, -0.1) is 0 Å². The summed E-state index contributed by atoms with van der Waals surface area (Å²) in [6, 6.07) is 0. The summed E-state index contributed by atoms with van der Waals surface area (Å²) in [5.74, 6) is 1.11. The number of carbonyl (C=O) groups excluding carboxylic acids is 2. The Morgan fingerprint density at radius 3 is 1.43 bits per heavy atom. The van der Waals surface area contributed by atoms with Crippen LogP contribution >= 0.6 is 0 Å². The van der Waals surface area contributed by atoms with Crippen LogP contribution in [0.25, 0.3) is 0 Å². The summed E-state index contributed by atoms with van der Waals surface area (Å²) in [5.41, 5.74) is 0.489. The Morgan fingerprint density at radius 1 is 0.821 bits per heavy atom. The molecule has 1 N–H and O–H groups in total. The fourth-order valence-corrected chi connectivity index (χ4v) is 3.24. The summed E-state index contributed by atoms with van der Waals surface area (Å²) in [6.45, 7) is 32.2. The first-order valence-corrected chi connectivity index (χ1v) is 11.2. The van der Waals surface area contributed by atoms with E-state index >= 15 is 0 Å². The molecular formula is C25H55NO2. The molecule has 0 saturated carbocycles. The van der Waals surface area contributed by atoms with Crippen LogP contribution in [0.2, 0.25) is 0 Å². The van der Waals surface area contributed by atoms with Crippen molar-refractivity contribution >= 4 is 11.6 Å². The molecule has 0 aromatic heterocycles. The normalized spacial score (nSPS) is 11.3. The van der Waals surface area contributed by atoms with Gasteiger partial charge in [-0.1, -0.05) is 90.0 Å². The Hall–Kier alpha value is -0.700. The molecule has 0 amide bonds. The third-order valence-corrected chi connectivity index (χ3v) is 3.86. The van der Waals surface area contributed by atoms with Crippen LogP contribution < -0.4 is 5.32 Å². The summed E-state index contributed by atoms with van der Waals surface area (Å²) >= 11 is 0. The summed E-state index contributed by atoms with van der Waals surface area (Å²) in [7, 11) is 0. The van der Waals surface area contributed by atoms with Gasteiger partial charge in [0.2, 0.25) is 0 Å². The first-order valence-electron chi connectivity index (χ1n) is 11.2. The van der Waals surface area contributed by atoms with Crippen LogP contribution in [0, 0.1) is 22.2 Å². The third kappa shape index (κ3) is 27.5. The summed E-state index contributed by atoms with van der Waals surface area (Å²) in [5, 5.41) is 3.20. The highest BCUT2D eigenvalue weighted by atomic mass is 16.1. The number of nitrogens with one attached hydrogen (secondary N) is 1. The fourth-order valence-electron chi connectivity index (χ4n) is 3.24. The van der Waals surface area contributed by atoms with Crippen LogP contribution in [0.5, 0.6) is 0 Å². The number of hydrogen-bond acceptors (Lipinski definition) is 3. The van der Waals surface area contributed by atoms with Crippen molar-refractivity contribution in [2.75, 3.05) is 13.1 Å². The topological polar surface area (TPSA) is 46.2 Å². The van der Waals surface area contributed by atoms with Crippen molar-refractivity contribution in [1.82, 2.24) is 5.32 Å². The van der Waals surface area contributed by atoms with Crippen molar-refractivity contribution in [3.8, 4) is 0 Å². The molecule has 0 aromatic rings. The van der Waals surface area contributed by atoms with E-state index in [1.807, 2.05) is 41.5 Å². The van der Waals surface area contributed by atoms with Crippen molar-refractivity contribution in [1.29, 1.82) is 0 Å². The lowest BCUT2D eigenvalue weighted by Crippen LogP contribution is -2.34. The Balaban J connectivity index is -0.000000181. The second-order valence-corrected chi connectivity index (χ2v) is 10.2. The maximum Gasteiger partial charge on any atom is 0.143 e. The van der Waals surface area contributed by atoms with E-state index in [1.165, 1.54) is 0 Å². The Kier molecular flexibility index (Phi) is 21.3. The van der Waals surface area contributed by atoms with Gasteiger partial charge in [0.1, 0.15) is 11.6 Å². The maximum atomic E-state index is 11.0. The summed E-state index contributed by atoms with van der Waals surface area (Å²) < 4.78 is 0. The second kappa shape index (κ2) is 17.2. The van der Waals surface area contributed by atoms with Gasteiger partial charge < -0.3 is 5.32 Å². The smallest absolute Gasteiger partial charge is 0.143 e. The number of hydrogen-bond donors (Lipinski definition) is 1. The average Bonchev–Trinajstić information content (AvgIpc) is 2.47. The van der Waals surface area contributed by atoms with Gasteiger partial charge in [-0.2, -0.15) is 0 Å². The molecule has 0 aliphatic heterocycles. The van der Waals surface area contributed by atoms with Gasteiger partial charge in [-0.05, 0) is 43.4 Å². The highest BCUT2D eigenvalue weighted by molar-refractivity contribution is 5.81. The van der Waals surface area contributed by atoms with Crippen LogP contribution in [0.4, 0.5) is 0 Å². The van der Waals surface area contributed by atoms with Crippen molar-refractivity contribution in [3.05, 3.63) is 0 Å². The van der Waals surface area contributed by atoms with Crippen molar-refractivity contribution < 1.29 is 9.59 Å². The predicted octanol–water partition coefficient (Wildman–Crippen LogP) is 7.33. The van der Waals surface area contributed by atoms with E-state index in [1.54, 1.807) is 13.8 Å². The Bertz CT molecular complexity index is 388. The fraction of sp³-hybridized carbons (Fsp3) is 0.920. The minimum atomic E-state index is -0.117. The van der Waals surface area contributed by atoms with E-state index in [4.69, 9.17) is 0 Å². The molecule has 0 aromatic carbocycles. The van der Waals surface area contributed by atoms with Gasteiger partial charge in [0.05, 0.1) is 6.54 Å². The summed E-state index contributed by atoms with van der Waals surface area (Å²) in [6.07, 6.45) is 2.15. The monoisotopic (exact) mass is 401 g/mol. The quantitative estimate of drug-likeness (QED) is 0.463. The van der Waals surface area contributed by atoms with E-state index in [0.717, 1.165) is 19.4 Å².